The topological polar surface area (TPSA) is 43.3 Å². The van der Waals surface area contributed by atoms with Crippen molar-refractivity contribution in [2.45, 2.75) is 6.92 Å². The van der Waals surface area contributed by atoms with Crippen LogP contribution in [-0.2, 0) is 0 Å². The van der Waals surface area contributed by atoms with Crippen LogP contribution >= 0.6 is 0 Å². The van der Waals surface area contributed by atoms with Crippen LogP contribution in [-0.4, -0.2) is 9.38 Å². The van der Waals surface area contributed by atoms with E-state index in [1.807, 2.05) is 0 Å². The van der Waals surface area contributed by atoms with E-state index in [0.29, 0.717) is 17.2 Å². The van der Waals surface area contributed by atoms with Gasteiger partial charge < -0.3 is 5.73 Å². The van der Waals surface area contributed by atoms with Crippen molar-refractivity contribution >= 4 is 11.5 Å². The van der Waals surface area contributed by atoms with E-state index < -0.39 is 0 Å². The Morgan fingerprint density at radius 3 is 3.00 bits per heavy atom. The van der Waals surface area contributed by atoms with Crippen LogP contribution in [0.2, 0.25) is 0 Å². The quantitative estimate of drug-likeness (QED) is 0.640. The number of hydrogen-bond acceptors (Lipinski definition) is 2. The number of anilines is 1. The van der Waals surface area contributed by atoms with Crippen LogP contribution in [0.3, 0.4) is 0 Å². The molecule has 0 fully saturated rings. The Morgan fingerprint density at radius 1 is 1.50 bits per heavy atom. The molecule has 0 aliphatic rings. The summed E-state index contributed by atoms with van der Waals surface area (Å²) in [5.74, 6) is 0.189. The van der Waals surface area contributed by atoms with Crippen molar-refractivity contribution in [3.8, 4) is 0 Å². The maximum Gasteiger partial charge on any atom is 0.142 e. The lowest BCUT2D eigenvalue weighted by atomic mass is 10.3. The normalized spacial score (nSPS) is 10.8. The summed E-state index contributed by atoms with van der Waals surface area (Å²) in [5, 5.41) is 0. The smallest absolute Gasteiger partial charge is 0.142 e. The lowest BCUT2D eigenvalue weighted by Crippen LogP contribution is -1.98. The highest BCUT2D eigenvalue weighted by Crippen LogP contribution is 2.14. The van der Waals surface area contributed by atoms with Crippen molar-refractivity contribution in [3.05, 3.63) is 29.8 Å². The zero-order valence-corrected chi connectivity index (χ0v) is 6.58. The number of pyridine rings is 1. The molecule has 0 aliphatic carbocycles. The average Bonchev–Trinajstić information content (AvgIpc) is 2.41. The minimum atomic E-state index is -0.271. The fourth-order valence-electron chi connectivity index (χ4n) is 1.24. The van der Waals surface area contributed by atoms with Crippen LogP contribution in [0.25, 0.3) is 5.65 Å². The van der Waals surface area contributed by atoms with Gasteiger partial charge in [-0.3, -0.25) is 4.40 Å². The molecule has 0 amide bonds. The molecule has 0 bridgehead atoms. The minimum absolute atomic E-state index is 0.271. The molecule has 0 saturated carbocycles. The molecular weight excluding hydrogens is 157 g/mol. The Kier molecular flexibility index (Phi) is 1.30. The van der Waals surface area contributed by atoms with Gasteiger partial charge in [-0.25, -0.2) is 9.37 Å². The first kappa shape index (κ1) is 7.09. The third-order valence-corrected chi connectivity index (χ3v) is 1.88. The maximum atomic E-state index is 13.0. The van der Waals surface area contributed by atoms with Gasteiger partial charge in [-0.05, 0) is 19.1 Å². The van der Waals surface area contributed by atoms with Crippen LogP contribution in [0.5, 0.6) is 0 Å². The van der Waals surface area contributed by atoms with Gasteiger partial charge in [-0.15, -0.1) is 0 Å². The monoisotopic (exact) mass is 165 g/mol. The van der Waals surface area contributed by atoms with E-state index in [1.165, 1.54) is 12.3 Å². The van der Waals surface area contributed by atoms with Gasteiger partial charge in [0.2, 0.25) is 0 Å². The van der Waals surface area contributed by atoms with Crippen LogP contribution in [0.15, 0.2) is 18.3 Å². The molecule has 2 N–H and O–H groups in total. The first-order valence-electron chi connectivity index (χ1n) is 3.58. The van der Waals surface area contributed by atoms with Gasteiger partial charge in [-0.1, -0.05) is 0 Å². The second-order valence-electron chi connectivity index (χ2n) is 2.64. The van der Waals surface area contributed by atoms with Crippen LogP contribution in [0.1, 0.15) is 5.69 Å². The largest absolute Gasteiger partial charge is 0.383 e. The summed E-state index contributed by atoms with van der Waals surface area (Å²) in [4.78, 5) is 3.99. The lowest BCUT2D eigenvalue weighted by molar-refractivity contribution is 0.607. The fraction of sp³-hybridized carbons (Fsp3) is 0.125. The number of rotatable bonds is 0. The van der Waals surface area contributed by atoms with Crippen molar-refractivity contribution in [1.82, 2.24) is 9.38 Å². The van der Waals surface area contributed by atoms with Crippen molar-refractivity contribution in [2.24, 2.45) is 0 Å². The molecule has 3 nitrogen and oxygen atoms in total. The molecule has 0 saturated heterocycles. The molecule has 0 aromatic carbocycles. The first-order valence-corrected chi connectivity index (χ1v) is 3.58. The summed E-state index contributed by atoms with van der Waals surface area (Å²) in [7, 11) is 0. The van der Waals surface area contributed by atoms with Gasteiger partial charge in [0.1, 0.15) is 17.3 Å². The molecule has 0 radical (unpaired) electrons. The molecular formula is C8H8FN3. The number of nitrogens with zero attached hydrogens (tertiary/aromatic N) is 2. The summed E-state index contributed by atoms with van der Waals surface area (Å²) in [6.07, 6.45) is 1.52. The van der Waals surface area contributed by atoms with Crippen LogP contribution in [0, 0.1) is 12.7 Å². The Hall–Kier alpha value is -1.58. The molecule has 2 aromatic heterocycles. The summed E-state index contributed by atoms with van der Waals surface area (Å²) in [6, 6.07) is 2.98. The van der Waals surface area contributed by atoms with Crippen molar-refractivity contribution in [3.63, 3.8) is 0 Å². The highest BCUT2D eigenvalue weighted by Gasteiger charge is 2.05. The summed E-state index contributed by atoms with van der Waals surface area (Å²) >= 11 is 0. The van der Waals surface area contributed by atoms with Gasteiger partial charge >= 0.3 is 0 Å². The third kappa shape index (κ3) is 0.777. The molecule has 4 heteroatoms. The molecule has 12 heavy (non-hydrogen) atoms. The number of nitrogens with two attached hydrogens (primary N) is 1. The first-order chi connectivity index (χ1) is 5.70. The number of hydrogen-bond donors (Lipinski definition) is 1. The van der Waals surface area contributed by atoms with Crippen LogP contribution in [0.4, 0.5) is 10.2 Å². The minimum Gasteiger partial charge on any atom is -0.383 e. The number of imidazole rings is 1. The number of aryl methyl sites for hydroxylation is 1. The zero-order valence-electron chi connectivity index (χ0n) is 6.58. The molecule has 0 aliphatic heterocycles. The van der Waals surface area contributed by atoms with Gasteiger partial charge in [0.25, 0.3) is 0 Å². The van der Waals surface area contributed by atoms with E-state index in [4.69, 9.17) is 5.73 Å². The molecule has 2 rings (SSSR count). The van der Waals surface area contributed by atoms with Gasteiger partial charge in [0.15, 0.2) is 0 Å². The third-order valence-electron chi connectivity index (χ3n) is 1.88. The van der Waals surface area contributed by atoms with E-state index >= 15 is 0 Å². The van der Waals surface area contributed by atoms with Crippen molar-refractivity contribution in [1.29, 1.82) is 0 Å². The van der Waals surface area contributed by atoms with Crippen LogP contribution < -0.4 is 5.73 Å². The van der Waals surface area contributed by atoms with Gasteiger partial charge in [0, 0.05) is 0 Å². The van der Waals surface area contributed by atoms with Crippen molar-refractivity contribution < 1.29 is 4.39 Å². The highest BCUT2D eigenvalue weighted by atomic mass is 19.1. The number of halogens is 1. The van der Waals surface area contributed by atoms with E-state index in [1.54, 1.807) is 17.4 Å². The number of aromatic nitrogens is 2. The van der Waals surface area contributed by atoms with E-state index in [9.17, 15) is 4.39 Å². The Balaban J connectivity index is 2.96. The number of fused-ring (bicyclic) bond motifs is 1. The molecule has 0 atom stereocenters. The fourth-order valence-corrected chi connectivity index (χ4v) is 1.24. The Labute approximate surface area is 68.6 Å². The second kappa shape index (κ2) is 2.20. The van der Waals surface area contributed by atoms with Gasteiger partial charge in [-0.2, -0.15) is 0 Å². The number of nitrogen functional groups attached to an aromatic ring is 1. The zero-order chi connectivity index (χ0) is 8.72. The Bertz CT molecular complexity index is 433. The highest BCUT2D eigenvalue weighted by molar-refractivity contribution is 5.49. The average molecular weight is 165 g/mol. The molecule has 2 heterocycles. The molecule has 0 spiro atoms. The second-order valence-corrected chi connectivity index (χ2v) is 2.64. The Morgan fingerprint density at radius 2 is 2.25 bits per heavy atom. The van der Waals surface area contributed by atoms with E-state index in [2.05, 4.69) is 4.98 Å². The standard InChI is InChI=1S/C8H8FN3/c1-5-6(9)2-3-8-11-4-7(10)12(5)8/h2-4H,10H2,1H3. The van der Waals surface area contributed by atoms with E-state index in [-0.39, 0.29) is 5.82 Å². The lowest BCUT2D eigenvalue weighted by Gasteiger charge is -2.01. The molecule has 2 aromatic rings. The van der Waals surface area contributed by atoms with Crippen molar-refractivity contribution in [2.75, 3.05) is 5.73 Å². The molecule has 62 valence electrons. The SMILES string of the molecule is Cc1c(F)ccc2ncc(N)n12. The molecule has 0 unspecified atom stereocenters. The van der Waals surface area contributed by atoms with E-state index in [0.717, 1.165) is 0 Å². The predicted molar refractivity (Wildman–Crippen MR) is 44.3 cm³/mol. The van der Waals surface area contributed by atoms with Gasteiger partial charge in [0.05, 0.1) is 11.9 Å². The predicted octanol–water partition coefficient (Wildman–Crippen LogP) is 1.36. The summed E-state index contributed by atoms with van der Waals surface area (Å²) in [5.41, 5.74) is 6.74. The maximum absolute atomic E-state index is 13.0. The summed E-state index contributed by atoms with van der Waals surface area (Å²) in [6.45, 7) is 1.67. The summed E-state index contributed by atoms with van der Waals surface area (Å²) < 4.78 is 14.6.